The van der Waals surface area contributed by atoms with E-state index in [1.807, 2.05) is 24.3 Å². The van der Waals surface area contributed by atoms with Crippen LogP contribution in [0.15, 0.2) is 84.0 Å². The maximum atomic E-state index is 13.2. The molecular formula is C27H24F3N3O2S. The van der Waals surface area contributed by atoms with E-state index in [1.165, 1.54) is 12.1 Å². The molecule has 0 aliphatic rings. The van der Waals surface area contributed by atoms with Crippen molar-refractivity contribution in [2.45, 2.75) is 31.3 Å². The van der Waals surface area contributed by atoms with Crippen LogP contribution in [0.4, 0.5) is 18.9 Å². The molecule has 0 bridgehead atoms. The van der Waals surface area contributed by atoms with E-state index >= 15 is 0 Å². The van der Waals surface area contributed by atoms with Crippen LogP contribution < -0.4 is 10.1 Å². The minimum atomic E-state index is -4.49. The third-order valence-corrected chi connectivity index (χ3v) is 6.21. The minimum Gasteiger partial charge on any atom is -0.455 e. The van der Waals surface area contributed by atoms with Crippen LogP contribution in [0.1, 0.15) is 23.9 Å². The summed E-state index contributed by atoms with van der Waals surface area (Å²) in [4.78, 5) is 18.0. The van der Waals surface area contributed by atoms with Crippen LogP contribution >= 0.6 is 11.8 Å². The van der Waals surface area contributed by atoms with Crippen molar-refractivity contribution >= 4 is 23.4 Å². The highest BCUT2D eigenvalue weighted by molar-refractivity contribution is 7.99. The molecule has 0 aliphatic carbocycles. The van der Waals surface area contributed by atoms with E-state index in [4.69, 9.17) is 4.74 Å². The normalized spacial score (nSPS) is 11.4. The molecule has 3 aromatic carbocycles. The number of rotatable bonds is 8. The summed E-state index contributed by atoms with van der Waals surface area (Å²) in [5.41, 5.74) is 1.10. The van der Waals surface area contributed by atoms with Crippen molar-refractivity contribution < 1.29 is 22.7 Å². The summed E-state index contributed by atoms with van der Waals surface area (Å²) < 4.78 is 47.2. The lowest BCUT2D eigenvalue weighted by Gasteiger charge is -2.16. The molecular weight excluding hydrogens is 487 g/mol. The number of hydrogen-bond donors (Lipinski definition) is 1. The second-order valence-corrected chi connectivity index (χ2v) is 9.29. The monoisotopic (exact) mass is 511 g/mol. The standard InChI is InChI=1S/C27H24F3N3O2S/c1-3-36-23-10-7-19(8-11-23)15-26(34)32-21-9-12-24(33-14-13-31-18(33)2)25(17-21)35-22-6-4-5-20(16-22)27(28,29)30/h4-14,16-17H,3,15H2,1-2H3,(H,32,34). The first kappa shape index (κ1) is 25.4. The molecule has 0 fully saturated rings. The Morgan fingerprint density at radius 3 is 2.53 bits per heavy atom. The second-order valence-electron chi connectivity index (χ2n) is 7.96. The molecule has 0 radical (unpaired) electrons. The van der Waals surface area contributed by atoms with Crippen LogP contribution in [0.25, 0.3) is 5.69 Å². The molecule has 5 nitrogen and oxygen atoms in total. The summed E-state index contributed by atoms with van der Waals surface area (Å²) >= 11 is 1.73. The Bertz CT molecular complexity index is 1350. The number of thioether (sulfide) groups is 1. The number of halogens is 3. The zero-order chi connectivity index (χ0) is 25.7. The first-order valence-electron chi connectivity index (χ1n) is 11.2. The Morgan fingerprint density at radius 2 is 1.86 bits per heavy atom. The number of carbonyl (C=O) groups is 1. The zero-order valence-corrected chi connectivity index (χ0v) is 20.5. The maximum Gasteiger partial charge on any atom is 0.416 e. The van der Waals surface area contributed by atoms with Crippen molar-refractivity contribution in [3.05, 3.63) is 96.1 Å². The molecule has 4 aromatic rings. The van der Waals surface area contributed by atoms with E-state index in [0.717, 1.165) is 28.3 Å². The lowest BCUT2D eigenvalue weighted by atomic mass is 10.1. The van der Waals surface area contributed by atoms with E-state index in [2.05, 4.69) is 17.2 Å². The molecule has 0 aliphatic heterocycles. The molecule has 0 unspecified atom stereocenters. The molecule has 0 spiro atoms. The Kier molecular flexibility index (Phi) is 7.69. The quantitative estimate of drug-likeness (QED) is 0.253. The number of imidazole rings is 1. The van der Waals surface area contributed by atoms with Crippen molar-refractivity contribution in [2.24, 2.45) is 0 Å². The van der Waals surface area contributed by atoms with Crippen molar-refractivity contribution in [3.63, 3.8) is 0 Å². The van der Waals surface area contributed by atoms with Gasteiger partial charge in [0.2, 0.25) is 5.91 Å². The molecule has 0 atom stereocenters. The summed E-state index contributed by atoms with van der Waals surface area (Å²) in [6.07, 6.45) is -0.971. The van der Waals surface area contributed by atoms with Gasteiger partial charge in [0.05, 0.1) is 17.7 Å². The zero-order valence-electron chi connectivity index (χ0n) is 19.7. The Labute approximate surface area is 211 Å². The van der Waals surface area contributed by atoms with Crippen LogP contribution in [-0.2, 0) is 17.4 Å². The average Bonchev–Trinajstić information content (AvgIpc) is 3.26. The number of nitrogens with zero attached hydrogens (tertiary/aromatic N) is 2. The predicted octanol–water partition coefficient (Wildman–Crippen LogP) is 7.29. The van der Waals surface area contributed by atoms with Crippen LogP contribution in [-0.4, -0.2) is 21.2 Å². The highest BCUT2D eigenvalue weighted by Crippen LogP contribution is 2.35. The highest BCUT2D eigenvalue weighted by Gasteiger charge is 2.30. The predicted molar refractivity (Wildman–Crippen MR) is 135 cm³/mol. The number of ether oxygens (including phenoxy) is 1. The number of alkyl halides is 3. The second kappa shape index (κ2) is 10.9. The molecule has 1 N–H and O–H groups in total. The van der Waals surface area contributed by atoms with E-state index in [9.17, 15) is 18.0 Å². The van der Waals surface area contributed by atoms with Gasteiger partial charge in [0.25, 0.3) is 0 Å². The molecule has 4 rings (SSSR count). The van der Waals surface area contributed by atoms with E-state index < -0.39 is 11.7 Å². The van der Waals surface area contributed by atoms with Gasteiger partial charge >= 0.3 is 6.18 Å². The van der Waals surface area contributed by atoms with Gasteiger partial charge in [0.1, 0.15) is 11.6 Å². The topological polar surface area (TPSA) is 56.2 Å². The van der Waals surface area contributed by atoms with Gasteiger partial charge in [-0.3, -0.25) is 4.79 Å². The largest absolute Gasteiger partial charge is 0.455 e. The molecule has 186 valence electrons. The number of amides is 1. The van der Waals surface area contributed by atoms with Gasteiger partial charge in [-0.25, -0.2) is 4.98 Å². The Morgan fingerprint density at radius 1 is 1.08 bits per heavy atom. The van der Waals surface area contributed by atoms with Gasteiger partial charge in [0.15, 0.2) is 5.75 Å². The van der Waals surface area contributed by atoms with Crippen LogP contribution in [0.2, 0.25) is 0 Å². The van der Waals surface area contributed by atoms with Crippen molar-refractivity contribution in [1.82, 2.24) is 9.55 Å². The molecule has 1 heterocycles. The molecule has 1 amide bonds. The third kappa shape index (κ3) is 6.28. The first-order chi connectivity index (χ1) is 17.2. The molecule has 36 heavy (non-hydrogen) atoms. The van der Waals surface area contributed by atoms with E-state index in [0.29, 0.717) is 17.2 Å². The fraction of sp³-hybridized carbons (Fsp3) is 0.185. The smallest absolute Gasteiger partial charge is 0.416 e. The number of hydrogen-bond acceptors (Lipinski definition) is 4. The fourth-order valence-electron chi connectivity index (χ4n) is 3.63. The fourth-order valence-corrected chi connectivity index (χ4v) is 4.29. The number of nitrogens with one attached hydrogen (secondary N) is 1. The lowest BCUT2D eigenvalue weighted by Crippen LogP contribution is -2.14. The SMILES string of the molecule is CCSc1ccc(CC(=O)Nc2ccc(-n3ccnc3C)c(Oc3cccc(C(F)(F)F)c3)c2)cc1. The molecule has 0 saturated heterocycles. The van der Waals surface area contributed by atoms with Crippen molar-refractivity contribution in [3.8, 4) is 17.2 Å². The first-order valence-corrected chi connectivity index (χ1v) is 12.2. The Balaban J connectivity index is 1.58. The van der Waals surface area contributed by atoms with Gasteiger partial charge in [-0.05, 0) is 60.7 Å². The van der Waals surface area contributed by atoms with Crippen molar-refractivity contribution in [2.75, 3.05) is 11.1 Å². The summed E-state index contributed by atoms with van der Waals surface area (Å²) in [6.45, 7) is 3.88. The number of benzene rings is 3. The summed E-state index contributed by atoms with van der Waals surface area (Å²) in [5, 5.41) is 2.85. The number of anilines is 1. The molecule has 9 heteroatoms. The van der Waals surface area contributed by atoms with Crippen LogP contribution in [0.5, 0.6) is 11.5 Å². The third-order valence-electron chi connectivity index (χ3n) is 5.32. The highest BCUT2D eigenvalue weighted by atomic mass is 32.2. The van der Waals surface area contributed by atoms with E-state index in [1.54, 1.807) is 53.8 Å². The molecule has 1 aromatic heterocycles. The van der Waals surface area contributed by atoms with Crippen LogP contribution in [0.3, 0.4) is 0 Å². The van der Waals surface area contributed by atoms with Crippen molar-refractivity contribution in [1.29, 1.82) is 0 Å². The van der Waals surface area contributed by atoms with Gasteiger partial charge in [0, 0.05) is 29.0 Å². The summed E-state index contributed by atoms with van der Waals surface area (Å²) in [6, 6.07) is 17.5. The average molecular weight is 512 g/mol. The number of aromatic nitrogens is 2. The summed E-state index contributed by atoms with van der Waals surface area (Å²) in [5.74, 6) is 1.72. The number of aryl methyl sites for hydroxylation is 1. The maximum absolute atomic E-state index is 13.2. The van der Waals surface area contributed by atoms with E-state index in [-0.39, 0.29) is 23.8 Å². The molecule has 0 saturated carbocycles. The van der Waals surface area contributed by atoms with Gasteiger partial charge in [-0.2, -0.15) is 13.2 Å². The Hall–Kier alpha value is -3.72. The number of carbonyl (C=O) groups excluding carboxylic acids is 1. The van der Waals surface area contributed by atoms with Gasteiger partial charge < -0.3 is 14.6 Å². The lowest BCUT2D eigenvalue weighted by molar-refractivity contribution is -0.137. The van der Waals surface area contributed by atoms with Crippen LogP contribution in [0, 0.1) is 6.92 Å². The summed E-state index contributed by atoms with van der Waals surface area (Å²) in [7, 11) is 0. The van der Waals surface area contributed by atoms with Gasteiger partial charge in [-0.15, -0.1) is 11.8 Å². The minimum absolute atomic E-state index is 0.0253. The van der Waals surface area contributed by atoms with Gasteiger partial charge in [-0.1, -0.05) is 25.1 Å².